The molecule has 0 aromatic heterocycles. The summed E-state index contributed by atoms with van der Waals surface area (Å²) in [4.78, 5) is 15.9. The number of ether oxygens (including phenoxy) is 2. The first-order valence-electron chi connectivity index (χ1n) is 10.8. The molecular formula is C24H32N4O3. The number of carbonyl (C=O) groups is 1. The molecule has 0 radical (unpaired) electrons. The number of methoxy groups -OCH3 is 1. The zero-order chi connectivity index (χ0) is 22.1. The number of amides is 1. The Morgan fingerprint density at radius 3 is 2.52 bits per heavy atom. The van der Waals surface area contributed by atoms with Crippen molar-refractivity contribution < 1.29 is 14.3 Å². The fraction of sp³-hybridized carbons (Fsp3) is 0.417. The molecule has 3 rings (SSSR count). The third-order valence-electron chi connectivity index (χ3n) is 5.32. The molecule has 166 valence electrons. The molecule has 2 aromatic carbocycles. The quantitative estimate of drug-likeness (QED) is 0.423. The van der Waals surface area contributed by atoms with Crippen LogP contribution in [0.1, 0.15) is 54.1 Å². The van der Waals surface area contributed by atoms with Crippen molar-refractivity contribution in [2.24, 2.45) is 10.7 Å². The molecule has 0 atom stereocenters. The highest BCUT2D eigenvalue weighted by molar-refractivity contribution is 5.92. The molecular weight excluding hydrogens is 392 g/mol. The van der Waals surface area contributed by atoms with E-state index in [2.05, 4.69) is 15.6 Å². The molecule has 1 saturated carbocycles. The van der Waals surface area contributed by atoms with E-state index in [9.17, 15) is 4.79 Å². The molecule has 0 spiro atoms. The predicted molar refractivity (Wildman–Crippen MR) is 122 cm³/mol. The van der Waals surface area contributed by atoms with Crippen LogP contribution >= 0.6 is 0 Å². The standard InChI is InChI=1S/C24H32N4O3/c1-3-26-24(27-15-17-11-13-18(14-12-17)23(25)29)28-16-19-7-6-10-21(30-2)22(19)31-20-8-4-5-9-20/h6-7,10-14,20H,3-5,8-9,15-16H2,1-2H3,(H2,25,29)(H2,26,27,28). The number of nitrogens with one attached hydrogen (secondary N) is 2. The smallest absolute Gasteiger partial charge is 0.248 e. The molecule has 1 fully saturated rings. The lowest BCUT2D eigenvalue weighted by atomic mass is 10.1. The Morgan fingerprint density at radius 2 is 1.87 bits per heavy atom. The maximum absolute atomic E-state index is 11.2. The average molecular weight is 425 g/mol. The Balaban J connectivity index is 1.69. The molecule has 0 saturated heterocycles. The minimum absolute atomic E-state index is 0.250. The Hall–Kier alpha value is -3.22. The number of guanidine groups is 1. The maximum Gasteiger partial charge on any atom is 0.248 e. The van der Waals surface area contributed by atoms with Crippen molar-refractivity contribution in [1.82, 2.24) is 10.6 Å². The highest BCUT2D eigenvalue weighted by Crippen LogP contribution is 2.34. The van der Waals surface area contributed by atoms with Gasteiger partial charge in [-0.2, -0.15) is 0 Å². The first-order chi connectivity index (χ1) is 15.1. The topological polar surface area (TPSA) is 98.0 Å². The third-order valence-corrected chi connectivity index (χ3v) is 5.32. The van der Waals surface area contributed by atoms with Crippen LogP contribution in [0.15, 0.2) is 47.5 Å². The van der Waals surface area contributed by atoms with Gasteiger partial charge in [-0.05, 0) is 56.4 Å². The summed E-state index contributed by atoms with van der Waals surface area (Å²) in [7, 11) is 1.67. The zero-order valence-corrected chi connectivity index (χ0v) is 18.3. The van der Waals surface area contributed by atoms with Crippen molar-refractivity contribution in [1.29, 1.82) is 0 Å². The largest absolute Gasteiger partial charge is 0.493 e. The summed E-state index contributed by atoms with van der Waals surface area (Å²) in [6.45, 7) is 3.82. The number of carbonyl (C=O) groups excluding carboxylic acids is 1. The van der Waals surface area contributed by atoms with Gasteiger partial charge in [0.15, 0.2) is 17.5 Å². The Morgan fingerprint density at radius 1 is 1.13 bits per heavy atom. The lowest BCUT2D eigenvalue weighted by Gasteiger charge is -2.20. The fourth-order valence-electron chi connectivity index (χ4n) is 3.63. The summed E-state index contributed by atoms with van der Waals surface area (Å²) in [6.07, 6.45) is 4.85. The Bertz CT molecular complexity index is 890. The van der Waals surface area contributed by atoms with E-state index in [1.807, 2.05) is 37.3 Å². The summed E-state index contributed by atoms with van der Waals surface area (Å²) >= 11 is 0. The lowest BCUT2D eigenvalue weighted by molar-refractivity contribution is 0.100. The second-order valence-electron chi connectivity index (χ2n) is 7.58. The van der Waals surface area contributed by atoms with E-state index in [4.69, 9.17) is 15.2 Å². The van der Waals surface area contributed by atoms with Crippen LogP contribution in [0.2, 0.25) is 0 Å². The number of hydrogen-bond acceptors (Lipinski definition) is 4. The van der Waals surface area contributed by atoms with E-state index in [1.165, 1.54) is 12.8 Å². The van der Waals surface area contributed by atoms with Gasteiger partial charge in [-0.3, -0.25) is 4.79 Å². The van der Waals surface area contributed by atoms with E-state index >= 15 is 0 Å². The molecule has 0 bridgehead atoms. The maximum atomic E-state index is 11.2. The molecule has 7 nitrogen and oxygen atoms in total. The Labute approximate surface area is 184 Å². The first kappa shape index (κ1) is 22.5. The van der Waals surface area contributed by atoms with E-state index in [0.717, 1.165) is 42.0 Å². The normalized spacial score (nSPS) is 14.3. The second-order valence-corrected chi connectivity index (χ2v) is 7.58. The van der Waals surface area contributed by atoms with Crippen LogP contribution in [-0.4, -0.2) is 31.6 Å². The molecule has 4 N–H and O–H groups in total. The molecule has 1 aliphatic rings. The van der Waals surface area contributed by atoms with Gasteiger partial charge < -0.3 is 25.8 Å². The van der Waals surface area contributed by atoms with E-state index in [-0.39, 0.29) is 6.10 Å². The van der Waals surface area contributed by atoms with Gasteiger partial charge in [0.25, 0.3) is 0 Å². The zero-order valence-electron chi connectivity index (χ0n) is 18.3. The van der Waals surface area contributed by atoms with E-state index in [0.29, 0.717) is 24.6 Å². The van der Waals surface area contributed by atoms with Crippen molar-refractivity contribution >= 4 is 11.9 Å². The molecule has 31 heavy (non-hydrogen) atoms. The monoisotopic (exact) mass is 424 g/mol. The molecule has 7 heteroatoms. The van der Waals surface area contributed by atoms with Crippen molar-refractivity contribution in [3.8, 4) is 11.5 Å². The van der Waals surface area contributed by atoms with Crippen LogP contribution in [-0.2, 0) is 13.1 Å². The van der Waals surface area contributed by atoms with Crippen LogP contribution in [0, 0.1) is 0 Å². The predicted octanol–water partition coefficient (Wildman–Crippen LogP) is 3.37. The van der Waals surface area contributed by atoms with E-state index in [1.54, 1.807) is 19.2 Å². The fourth-order valence-corrected chi connectivity index (χ4v) is 3.63. The number of aliphatic imine (C=N–C) groups is 1. The van der Waals surface area contributed by atoms with Gasteiger partial charge in [0.1, 0.15) is 0 Å². The molecule has 1 amide bonds. The highest BCUT2D eigenvalue weighted by atomic mass is 16.5. The van der Waals surface area contributed by atoms with E-state index < -0.39 is 5.91 Å². The molecule has 0 heterocycles. The first-order valence-corrected chi connectivity index (χ1v) is 10.8. The molecule has 0 unspecified atom stereocenters. The average Bonchev–Trinajstić information content (AvgIpc) is 3.30. The van der Waals surface area contributed by atoms with Crippen molar-refractivity contribution in [2.45, 2.75) is 51.8 Å². The number of rotatable bonds is 9. The lowest BCUT2D eigenvalue weighted by Crippen LogP contribution is -2.37. The summed E-state index contributed by atoms with van der Waals surface area (Å²) in [5.41, 5.74) is 7.81. The SMILES string of the molecule is CCNC(=NCc1ccc(C(N)=O)cc1)NCc1cccc(OC)c1OC1CCCC1. The van der Waals surface area contributed by atoms with Crippen LogP contribution in [0.3, 0.4) is 0 Å². The van der Waals surface area contributed by atoms with Gasteiger partial charge in [0.2, 0.25) is 5.91 Å². The van der Waals surface area contributed by atoms with Gasteiger partial charge in [-0.15, -0.1) is 0 Å². The number of hydrogen-bond donors (Lipinski definition) is 3. The van der Waals surface area contributed by atoms with Crippen LogP contribution < -0.4 is 25.8 Å². The van der Waals surface area contributed by atoms with Crippen LogP contribution in [0.5, 0.6) is 11.5 Å². The van der Waals surface area contributed by atoms with Gasteiger partial charge in [-0.25, -0.2) is 4.99 Å². The summed E-state index contributed by atoms with van der Waals surface area (Å²) in [6, 6.07) is 13.1. The summed E-state index contributed by atoms with van der Waals surface area (Å²) < 4.78 is 11.9. The number of primary amides is 1. The summed E-state index contributed by atoms with van der Waals surface area (Å²) in [5.74, 6) is 1.83. The second kappa shape index (κ2) is 11.2. The molecule has 0 aliphatic heterocycles. The van der Waals surface area contributed by atoms with Crippen molar-refractivity contribution in [3.05, 3.63) is 59.2 Å². The summed E-state index contributed by atoms with van der Waals surface area (Å²) in [5, 5.41) is 6.65. The van der Waals surface area contributed by atoms with Gasteiger partial charge in [0.05, 0.1) is 19.8 Å². The molecule has 1 aliphatic carbocycles. The van der Waals surface area contributed by atoms with Crippen molar-refractivity contribution in [3.63, 3.8) is 0 Å². The van der Waals surface area contributed by atoms with Gasteiger partial charge in [-0.1, -0.05) is 24.3 Å². The highest BCUT2D eigenvalue weighted by Gasteiger charge is 2.20. The van der Waals surface area contributed by atoms with Gasteiger partial charge in [0, 0.05) is 24.2 Å². The minimum atomic E-state index is -0.432. The Kier molecular flexibility index (Phi) is 8.15. The number of nitrogens with zero attached hydrogens (tertiary/aromatic N) is 1. The van der Waals surface area contributed by atoms with Crippen molar-refractivity contribution in [2.75, 3.05) is 13.7 Å². The number of benzene rings is 2. The number of para-hydroxylation sites is 1. The minimum Gasteiger partial charge on any atom is -0.493 e. The van der Waals surface area contributed by atoms with Crippen LogP contribution in [0.4, 0.5) is 0 Å². The third kappa shape index (κ3) is 6.38. The molecule has 2 aromatic rings. The van der Waals surface area contributed by atoms with Crippen LogP contribution in [0.25, 0.3) is 0 Å². The van der Waals surface area contributed by atoms with Gasteiger partial charge >= 0.3 is 0 Å². The number of nitrogens with two attached hydrogens (primary N) is 1.